The molecule has 1 fully saturated rings. The van der Waals surface area contributed by atoms with Gasteiger partial charge in [-0.1, -0.05) is 11.8 Å². The normalized spacial score (nSPS) is 24.2. The molecule has 0 aromatic carbocycles. The minimum atomic E-state index is 0.358. The second-order valence-electron chi connectivity index (χ2n) is 5.19. The number of rotatable bonds is 7. The van der Waals surface area contributed by atoms with Crippen LogP contribution < -0.4 is 5.32 Å². The fourth-order valence-electron chi connectivity index (χ4n) is 1.94. The maximum atomic E-state index is 5.51. The molecule has 1 unspecified atom stereocenters. The summed E-state index contributed by atoms with van der Waals surface area (Å²) < 4.78 is 5.51. The molecule has 17 heavy (non-hydrogen) atoms. The lowest BCUT2D eigenvalue weighted by Gasteiger charge is -2.09. The predicted octanol–water partition coefficient (Wildman–Crippen LogP) is 2.66. The molecule has 0 aromatic heterocycles. The molecule has 2 aliphatic rings. The van der Waals surface area contributed by atoms with E-state index in [0.717, 1.165) is 37.3 Å². The van der Waals surface area contributed by atoms with Crippen LogP contribution in [0, 0.1) is 5.92 Å². The maximum absolute atomic E-state index is 5.51. The largest absolute Gasteiger partial charge is 0.379 e. The quantitative estimate of drug-likeness (QED) is 0.711. The van der Waals surface area contributed by atoms with Gasteiger partial charge in [0.25, 0.3) is 0 Å². The molecule has 2 rings (SSSR count). The maximum Gasteiger partial charge on any atom is 0.156 e. The zero-order valence-corrected chi connectivity index (χ0v) is 11.8. The first-order valence-electron chi connectivity index (χ1n) is 6.82. The van der Waals surface area contributed by atoms with Gasteiger partial charge in [-0.25, -0.2) is 0 Å². The molecule has 0 amide bonds. The average Bonchev–Trinajstić information content (AvgIpc) is 3.04. The molecule has 3 nitrogen and oxygen atoms in total. The summed E-state index contributed by atoms with van der Waals surface area (Å²) >= 11 is 1.96. The smallest absolute Gasteiger partial charge is 0.156 e. The van der Waals surface area contributed by atoms with Gasteiger partial charge in [0.2, 0.25) is 0 Å². The van der Waals surface area contributed by atoms with Gasteiger partial charge in [-0.2, -0.15) is 0 Å². The van der Waals surface area contributed by atoms with E-state index in [1.54, 1.807) is 0 Å². The van der Waals surface area contributed by atoms with Gasteiger partial charge in [0.15, 0.2) is 5.17 Å². The summed E-state index contributed by atoms with van der Waals surface area (Å²) in [6.45, 7) is 7.11. The van der Waals surface area contributed by atoms with Crippen LogP contribution in [-0.4, -0.2) is 36.2 Å². The van der Waals surface area contributed by atoms with Gasteiger partial charge < -0.3 is 10.1 Å². The molecule has 1 aliphatic heterocycles. The number of nitrogens with one attached hydrogen (secondary N) is 1. The average molecular weight is 256 g/mol. The topological polar surface area (TPSA) is 33.6 Å². The molecule has 98 valence electrons. The Hall–Kier alpha value is -0.220. The van der Waals surface area contributed by atoms with Crippen LogP contribution in [0.2, 0.25) is 0 Å². The summed E-state index contributed by atoms with van der Waals surface area (Å²) in [7, 11) is 0. The van der Waals surface area contributed by atoms with Gasteiger partial charge in [0, 0.05) is 18.4 Å². The Bertz CT molecular complexity index is 264. The van der Waals surface area contributed by atoms with Crippen molar-refractivity contribution in [2.45, 2.75) is 50.9 Å². The van der Waals surface area contributed by atoms with Gasteiger partial charge in [-0.05, 0) is 45.4 Å². The number of amidine groups is 1. The first-order valence-corrected chi connectivity index (χ1v) is 7.70. The Morgan fingerprint density at radius 2 is 2.24 bits per heavy atom. The van der Waals surface area contributed by atoms with Crippen LogP contribution in [-0.2, 0) is 4.74 Å². The minimum absolute atomic E-state index is 0.358. The second kappa shape index (κ2) is 6.64. The van der Waals surface area contributed by atoms with Crippen LogP contribution in [0.3, 0.4) is 0 Å². The third-order valence-electron chi connectivity index (χ3n) is 3.12. The van der Waals surface area contributed by atoms with Crippen LogP contribution in [0.1, 0.15) is 39.5 Å². The zero-order chi connectivity index (χ0) is 12.1. The van der Waals surface area contributed by atoms with E-state index in [2.05, 4.69) is 24.2 Å². The lowest BCUT2D eigenvalue weighted by atomic mass is 10.3. The number of aliphatic imine (C=N–C) groups is 1. The minimum Gasteiger partial charge on any atom is -0.379 e. The molecule has 0 bridgehead atoms. The van der Waals surface area contributed by atoms with Crippen molar-refractivity contribution in [3.8, 4) is 0 Å². The fraction of sp³-hybridized carbons (Fsp3) is 0.923. The van der Waals surface area contributed by atoms with Crippen molar-refractivity contribution in [1.82, 2.24) is 5.32 Å². The van der Waals surface area contributed by atoms with Crippen molar-refractivity contribution < 1.29 is 4.74 Å². The molecule has 0 saturated heterocycles. The number of nitrogens with zero attached hydrogens (tertiary/aromatic N) is 1. The van der Waals surface area contributed by atoms with E-state index in [1.165, 1.54) is 24.4 Å². The highest BCUT2D eigenvalue weighted by Crippen LogP contribution is 2.41. The summed E-state index contributed by atoms with van der Waals surface area (Å²) in [6, 6.07) is 0. The molecule has 0 aromatic rings. The molecular weight excluding hydrogens is 232 g/mol. The van der Waals surface area contributed by atoms with E-state index in [1.807, 2.05) is 11.8 Å². The van der Waals surface area contributed by atoms with Crippen molar-refractivity contribution in [1.29, 1.82) is 0 Å². The Morgan fingerprint density at radius 1 is 1.41 bits per heavy atom. The van der Waals surface area contributed by atoms with Gasteiger partial charge in [0.1, 0.15) is 0 Å². The first-order chi connectivity index (χ1) is 8.25. The summed E-state index contributed by atoms with van der Waals surface area (Å²) in [5.41, 5.74) is 0. The number of hydrogen-bond acceptors (Lipinski definition) is 4. The highest BCUT2D eigenvalue weighted by atomic mass is 32.2. The SMILES string of the molecule is CC(C)OCCCCNC1=NCC(C2CC2)S1. The van der Waals surface area contributed by atoms with E-state index >= 15 is 0 Å². The predicted molar refractivity (Wildman–Crippen MR) is 74.7 cm³/mol. The van der Waals surface area contributed by atoms with Gasteiger partial charge in [-0.15, -0.1) is 0 Å². The first kappa shape index (κ1) is 13.2. The van der Waals surface area contributed by atoms with E-state index < -0.39 is 0 Å². The van der Waals surface area contributed by atoms with Crippen LogP contribution in [0.15, 0.2) is 4.99 Å². The summed E-state index contributed by atoms with van der Waals surface area (Å²) in [6.07, 6.45) is 5.51. The Labute approximate surface area is 109 Å². The lowest BCUT2D eigenvalue weighted by molar-refractivity contribution is 0.0762. The molecule has 1 saturated carbocycles. The third-order valence-corrected chi connectivity index (χ3v) is 4.46. The molecule has 1 aliphatic carbocycles. The highest BCUT2D eigenvalue weighted by molar-refractivity contribution is 8.14. The standard InChI is InChI=1S/C13H24N2OS/c1-10(2)16-8-4-3-7-14-13-15-9-12(17-13)11-5-6-11/h10-12H,3-9H2,1-2H3,(H,14,15). The molecular formula is C13H24N2OS. The number of ether oxygens (including phenoxy) is 1. The van der Waals surface area contributed by atoms with Crippen molar-refractivity contribution in [2.75, 3.05) is 19.7 Å². The van der Waals surface area contributed by atoms with Crippen LogP contribution in [0.25, 0.3) is 0 Å². The number of unbranched alkanes of at least 4 members (excludes halogenated alkanes) is 1. The monoisotopic (exact) mass is 256 g/mol. The zero-order valence-electron chi connectivity index (χ0n) is 10.9. The third kappa shape index (κ3) is 4.88. The second-order valence-corrected chi connectivity index (χ2v) is 6.42. The molecule has 1 N–H and O–H groups in total. The molecule has 1 atom stereocenters. The lowest BCUT2D eigenvalue weighted by Crippen LogP contribution is -2.21. The van der Waals surface area contributed by atoms with E-state index in [9.17, 15) is 0 Å². The fourth-order valence-corrected chi connectivity index (χ4v) is 3.18. The summed E-state index contributed by atoms with van der Waals surface area (Å²) in [4.78, 5) is 4.56. The number of thioether (sulfide) groups is 1. The number of hydrogen-bond donors (Lipinski definition) is 1. The molecule has 0 spiro atoms. The van der Waals surface area contributed by atoms with Crippen LogP contribution in [0.5, 0.6) is 0 Å². The van der Waals surface area contributed by atoms with E-state index in [4.69, 9.17) is 4.74 Å². The van der Waals surface area contributed by atoms with Gasteiger partial charge in [-0.3, -0.25) is 4.99 Å². The van der Waals surface area contributed by atoms with Gasteiger partial charge >= 0.3 is 0 Å². The van der Waals surface area contributed by atoms with Crippen LogP contribution >= 0.6 is 11.8 Å². The van der Waals surface area contributed by atoms with Crippen molar-refractivity contribution >= 4 is 16.9 Å². The summed E-state index contributed by atoms with van der Waals surface area (Å²) in [5.74, 6) is 0.961. The van der Waals surface area contributed by atoms with Gasteiger partial charge in [0.05, 0.1) is 12.6 Å². The Morgan fingerprint density at radius 3 is 2.94 bits per heavy atom. The van der Waals surface area contributed by atoms with Crippen molar-refractivity contribution in [3.63, 3.8) is 0 Å². The Kier molecular flexibility index (Phi) is 5.16. The highest BCUT2D eigenvalue weighted by Gasteiger charge is 2.35. The van der Waals surface area contributed by atoms with Crippen molar-refractivity contribution in [2.24, 2.45) is 10.9 Å². The molecule has 0 radical (unpaired) electrons. The van der Waals surface area contributed by atoms with E-state index in [-0.39, 0.29) is 0 Å². The van der Waals surface area contributed by atoms with Crippen molar-refractivity contribution in [3.05, 3.63) is 0 Å². The van der Waals surface area contributed by atoms with Crippen LogP contribution in [0.4, 0.5) is 0 Å². The molecule has 4 heteroatoms. The summed E-state index contributed by atoms with van der Waals surface area (Å²) in [5, 5.41) is 5.39. The molecule has 1 heterocycles. The Balaban J connectivity index is 1.45. The van der Waals surface area contributed by atoms with E-state index in [0.29, 0.717) is 6.10 Å².